The predicted octanol–water partition coefficient (Wildman–Crippen LogP) is 2.93. The van der Waals surface area contributed by atoms with Crippen molar-refractivity contribution >= 4 is 11.6 Å². The van der Waals surface area contributed by atoms with Gasteiger partial charge in [0.25, 0.3) is 0 Å². The van der Waals surface area contributed by atoms with E-state index in [4.69, 9.17) is 0 Å². The van der Waals surface area contributed by atoms with Gasteiger partial charge in [0.05, 0.1) is 12.1 Å². The molecule has 1 aromatic carbocycles. The number of para-hydroxylation sites is 1. The Labute approximate surface area is 150 Å². The molecule has 0 fully saturated rings. The van der Waals surface area contributed by atoms with E-state index in [1.54, 1.807) is 0 Å². The third-order valence-corrected chi connectivity index (χ3v) is 5.29. The molecule has 5 heteroatoms. The number of benzene rings is 1. The molecule has 2 aromatic rings. The molecule has 1 aromatic heterocycles. The van der Waals surface area contributed by atoms with E-state index in [2.05, 4.69) is 56.0 Å². The molecule has 1 unspecified atom stereocenters. The number of aryl methyl sites for hydroxylation is 2. The number of nitrogens with zero attached hydrogens (tertiary/aromatic N) is 4. The van der Waals surface area contributed by atoms with Gasteiger partial charge in [-0.3, -0.25) is 9.48 Å². The second-order valence-corrected chi connectivity index (χ2v) is 7.02. The van der Waals surface area contributed by atoms with Crippen molar-refractivity contribution in [2.75, 3.05) is 18.5 Å². The number of rotatable bonds is 3. The first-order chi connectivity index (χ1) is 11.9. The minimum Gasteiger partial charge on any atom is -0.372 e. The summed E-state index contributed by atoms with van der Waals surface area (Å²) in [6.45, 7) is 10.6. The number of fused-ring (bicyclic) bond motifs is 1. The second kappa shape index (κ2) is 6.90. The zero-order valence-corrected chi connectivity index (χ0v) is 15.9. The fraction of sp³-hybridized carbons (Fsp3) is 0.500. The van der Waals surface area contributed by atoms with E-state index in [0.717, 1.165) is 30.0 Å². The average molecular weight is 340 g/mol. The van der Waals surface area contributed by atoms with Gasteiger partial charge in [0.2, 0.25) is 5.91 Å². The molecule has 0 saturated heterocycles. The summed E-state index contributed by atoms with van der Waals surface area (Å²) in [5, 5.41) is 4.55. The number of amides is 1. The molecule has 1 atom stereocenters. The van der Waals surface area contributed by atoms with E-state index in [1.165, 1.54) is 11.3 Å². The van der Waals surface area contributed by atoms with Gasteiger partial charge in [0.1, 0.15) is 0 Å². The smallest absolute Gasteiger partial charge is 0.227 e. The fourth-order valence-corrected chi connectivity index (χ4v) is 3.83. The molecule has 0 bridgehead atoms. The van der Waals surface area contributed by atoms with Gasteiger partial charge in [0, 0.05) is 49.7 Å². The Kier molecular flexibility index (Phi) is 4.84. The van der Waals surface area contributed by atoms with Crippen molar-refractivity contribution < 1.29 is 4.79 Å². The van der Waals surface area contributed by atoms with Gasteiger partial charge in [-0.2, -0.15) is 5.10 Å². The number of aromatic nitrogens is 2. The molecule has 0 radical (unpaired) electrons. The average Bonchev–Trinajstić information content (AvgIpc) is 2.78. The van der Waals surface area contributed by atoms with Crippen molar-refractivity contribution in [1.29, 1.82) is 0 Å². The minimum absolute atomic E-state index is 0.173. The number of anilines is 1. The van der Waals surface area contributed by atoms with E-state index >= 15 is 0 Å². The second-order valence-electron chi connectivity index (χ2n) is 7.02. The maximum Gasteiger partial charge on any atom is 0.227 e. The van der Waals surface area contributed by atoms with E-state index in [-0.39, 0.29) is 11.9 Å². The van der Waals surface area contributed by atoms with Crippen LogP contribution in [0, 0.1) is 13.8 Å². The first kappa shape index (κ1) is 17.5. The zero-order chi connectivity index (χ0) is 18.1. The lowest BCUT2D eigenvalue weighted by molar-refractivity contribution is -0.132. The summed E-state index contributed by atoms with van der Waals surface area (Å²) in [5.41, 5.74) is 5.57. The van der Waals surface area contributed by atoms with Gasteiger partial charge in [-0.1, -0.05) is 18.2 Å². The Bertz CT molecular complexity index is 780. The highest BCUT2D eigenvalue weighted by molar-refractivity contribution is 5.80. The van der Waals surface area contributed by atoms with Crippen LogP contribution in [0.4, 0.5) is 5.69 Å². The predicted molar refractivity (Wildman–Crippen MR) is 101 cm³/mol. The Morgan fingerprint density at radius 3 is 2.68 bits per heavy atom. The molecule has 1 aliphatic rings. The molecular formula is C20H28N4O. The number of carbonyl (C=O) groups excluding carboxylic acids is 1. The molecule has 0 saturated carbocycles. The lowest BCUT2D eigenvalue weighted by atomic mass is 10.1. The molecule has 1 aliphatic heterocycles. The van der Waals surface area contributed by atoms with Gasteiger partial charge < -0.3 is 9.80 Å². The fourth-order valence-electron chi connectivity index (χ4n) is 3.83. The molecule has 134 valence electrons. The summed E-state index contributed by atoms with van der Waals surface area (Å²) in [6.07, 6.45) is 0.424. The van der Waals surface area contributed by atoms with E-state index in [0.29, 0.717) is 13.0 Å². The molecule has 1 amide bonds. The van der Waals surface area contributed by atoms with Crippen molar-refractivity contribution in [3.63, 3.8) is 0 Å². The summed E-state index contributed by atoms with van der Waals surface area (Å²) in [7, 11) is 2.10. The third kappa shape index (κ3) is 3.28. The van der Waals surface area contributed by atoms with Crippen molar-refractivity contribution in [2.24, 2.45) is 0 Å². The topological polar surface area (TPSA) is 41.4 Å². The highest BCUT2D eigenvalue weighted by Gasteiger charge is 2.28. The van der Waals surface area contributed by atoms with Gasteiger partial charge in [-0.05, 0) is 39.3 Å². The molecule has 5 nitrogen and oxygen atoms in total. The summed E-state index contributed by atoms with van der Waals surface area (Å²) >= 11 is 0. The number of hydrogen-bond donors (Lipinski definition) is 0. The Balaban J connectivity index is 1.86. The van der Waals surface area contributed by atoms with E-state index in [9.17, 15) is 4.79 Å². The highest BCUT2D eigenvalue weighted by atomic mass is 16.2. The Morgan fingerprint density at radius 2 is 2.00 bits per heavy atom. The van der Waals surface area contributed by atoms with Crippen LogP contribution in [-0.2, 0) is 24.3 Å². The summed E-state index contributed by atoms with van der Waals surface area (Å²) in [6, 6.07) is 8.53. The normalized spacial score (nSPS) is 17.4. The molecule has 0 spiro atoms. The van der Waals surface area contributed by atoms with E-state index < -0.39 is 0 Å². The summed E-state index contributed by atoms with van der Waals surface area (Å²) in [5.74, 6) is 0.180. The summed E-state index contributed by atoms with van der Waals surface area (Å²) < 4.78 is 1.98. The van der Waals surface area contributed by atoms with Crippen LogP contribution in [0.2, 0.25) is 0 Å². The number of carbonyl (C=O) groups is 1. The number of likely N-dealkylation sites (N-methyl/N-ethyl adjacent to an activating group) is 1. The van der Waals surface area contributed by atoms with Crippen molar-refractivity contribution in [3.05, 3.63) is 46.8 Å². The molecule has 0 N–H and O–H groups in total. The Hall–Kier alpha value is -2.30. The van der Waals surface area contributed by atoms with Gasteiger partial charge in [-0.25, -0.2) is 0 Å². The monoisotopic (exact) mass is 340 g/mol. The lowest BCUT2D eigenvalue weighted by Gasteiger charge is -2.28. The molecule has 3 rings (SSSR count). The first-order valence-corrected chi connectivity index (χ1v) is 9.03. The van der Waals surface area contributed by atoms with Crippen molar-refractivity contribution in [3.8, 4) is 0 Å². The maximum absolute atomic E-state index is 13.1. The van der Waals surface area contributed by atoms with Crippen molar-refractivity contribution in [2.45, 2.75) is 53.2 Å². The van der Waals surface area contributed by atoms with Crippen LogP contribution in [0.3, 0.4) is 0 Å². The SMILES string of the molecule is CCn1nc(C)c(CC(=O)N2Cc3ccccc3N(C)CC2C)c1C. The quantitative estimate of drug-likeness (QED) is 0.863. The molecular weight excluding hydrogens is 312 g/mol. The standard InChI is InChI=1S/C20H28N4O/c1-6-24-16(4)18(15(3)21-24)11-20(25)23-13-17-9-7-8-10-19(17)22(5)12-14(23)2/h7-10,14H,6,11-13H2,1-5H3. The lowest BCUT2D eigenvalue weighted by Crippen LogP contribution is -2.42. The summed E-state index contributed by atoms with van der Waals surface area (Å²) in [4.78, 5) is 17.4. The maximum atomic E-state index is 13.1. The molecule has 0 aliphatic carbocycles. The third-order valence-electron chi connectivity index (χ3n) is 5.29. The number of hydrogen-bond acceptors (Lipinski definition) is 3. The zero-order valence-electron chi connectivity index (χ0n) is 15.9. The van der Waals surface area contributed by atoms with E-state index in [1.807, 2.05) is 22.6 Å². The van der Waals surface area contributed by atoms with Crippen LogP contribution < -0.4 is 4.90 Å². The van der Waals surface area contributed by atoms with Gasteiger partial charge in [0.15, 0.2) is 0 Å². The van der Waals surface area contributed by atoms with Gasteiger partial charge in [-0.15, -0.1) is 0 Å². The largest absolute Gasteiger partial charge is 0.372 e. The van der Waals surface area contributed by atoms with Crippen LogP contribution in [-0.4, -0.2) is 40.2 Å². The van der Waals surface area contributed by atoms with Crippen LogP contribution in [0.25, 0.3) is 0 Å². The van der Waals surface area contributed by atoms with Crippen molar-refractivity contribution in [1.82, 2.24) is 14.7 Å². The van der Waals surface area contributed by atoms with Gasteiger partial charge >= 0.3 is 0 Å². The van der Waals surface area contributed by atoms with Crippen LogP contribution in [0.5, 0.6) is 0 Å². The Morgan fingerprint density at radius 1 is 1.28 bits per heavy atom. The molecule has 2 heterocycles. The minimum atomic E-state index is 0.173. The first-order valence-electron chi connectivity index (χ1n) is 9.03. The van der Waals surface area contributed by atoms with Crippen LogP contribution >= 0.6 is 0 Å². The highest BCUT2D eigenvalue weighted by Crippen LogP contribution is 2.27. The molecule has 25 heavy (non-hydrogen) atoms. The van der Waals surface area contributed by atoms with Crippen LogP contribution in [0.1, 0.15) is 36.4 Å². The van der Waals surface area contributed by atoms with Crippen LogP contribution in [0.15, 0.2) is 24.3 Å².